The molecule has 0 aliphatic rings. The molecule has 1 heteroatoms. The van der Waals surface area contributed by atoms with Crippen LogP contribution in [0.25, 0.3) is 0 Å². The van der Waals surface area contributed by atoms with Crippen LogP contribution in [0.2, 0.25) is 0 Å². The second-order valence-corrected chi connectivity index (χ2v) is 6.71. The fourth-order valence-electron chi connectivity index (χ4n) is 2.98. The Hall–Kier alpha value is -2.54. The molecule has 0 saturated carbocycles. The van der Waals surface area contributed by atoms with E-state index in [1.54, 1.807) is 0 Å². The number of nitrogens with zero attached hydrogens (tertiary/aromatic N) is 1. The molecular weight excluding hydrogens is 290 g/mol. The van der Waals surface area contributed by atoms with Crippen molar-refractivity contribution in [3.63, 3.8) is 0 Å². The van der Waals surface area contributed by atoms with Gasteiger partial charge >= 0.3 is 0 Å². The summed E-state index contributed by atoms with van der Waals surface area (Å²) < 4.78 is 0. The molecule has 3 aromatic rings. The molecular formula is C23H25N. The highest BCUT2D eigenvalue weighted by Gasteiger charge is 2.14. The molecule has 122 valence electrons. The summed E-state index contributed by atoms with van der Waals surface area (Å²) in [5, 5.41) is 0. The molecule has 3 rings (SSSR count). The van der Waals surface area contributed by atoms with Gasteiger partial charge in [-0.3, -0.25) is 0 Å². The van der Waals surface area contributed by atoms with Crippen LogP contribution < -0.4 is 4.90 Å². The van der Waals surface area contributed by atoms with Crippen LogP contribution in [0.1, 0.15) is 27.8 Å². The Morgan fingerprint density at radius 3 is 1.25 bits per heavy atom. The number of hydrogen-bond acceptors (Lipinski definition) is 1. The van der Waals surface area contributed by atoms with E-state index in [0.29, 0.717) is 0 Å². The predicted octanol–water partition coefficient (Wildman–Crippen LogP) is 6.70. The van der Waals surface area contributed by atoms with Crippen LogP contribution in [0.15, 0.2) is 60.7 Å². The molecule has 0 aliphatic heterocycles. The van der Waals surface area contributed by atoms with Gasteiger partial charge in [0.1, 0.15) is 0 Å². The standard InChI is InChI=1S/C23H25N/c1-16-6-10-21(11-7-16)24(22-12-8-17(2)9-13-22)23-14-18(3)20(5)19(4)15-23/h6-15H,1-5H3. The molecule has 0 aromatic heterocycles. The predicted molar refractivity (Wildman–Crippen MR) is 105 cm³/mol. The monoisotopic (exact) mass is 315 g/mol. The average Bonchev–Trinajstić information content (AvgIpc) is 2.56. The van der Waals surface area contributed by atoms with E-state index in [9.17, 15) is 0 Å². The zero-order valence-corrected chi connectivity index (χ0v) is 15.2. The molecule has 24 heavy (non-hydrogen) atoms. The van der Waals surface area contributed by atoms with Crippen molar-refractivity contribution < 1.29 is 0 Å². The molecule has 0 fully saturated rings. The van der Waals surface area contributed by atoms with E-state index in [1.165, 1.54) is 44.9 Å². The molecule has 0 heterocycles. The first-order valence-electron chi connectivity index (χ1n) is 8.47. The molecule has 0 atom stereocenters. The van der Waals surface area contributed by atoms with Crippen LogP contribution in [-0.2, 0) is 0 Å². The van der Waals surface area contributed by atoms with Crippen LogP contribution >= 0.6 is 0 Å². The fourth-order valence-corrected chi connectivity index (χ4v) is 2.98. The third-order valence-corrected chi connectivity index (χ3v) is 4.75. The highest BCUT2D eigenvalue weighted by molar-refractivity contribution is 5.77. The third kappa shape index (κ3) is 3.21. The van der Waals surface area contributed by atoms with Gasteiger partial charge in [-0.25, -0.2) is 0 Å². The summed E-state index contributed by atoms with van der Waals surface area (Å²) in [6, 6.07) is 22.0. The van der Waals surface area contributed by atoms with Gasteiger partial charge in [-0.15, -0.1) is 0 Å². The van der Waals surface area contributed by atoms with Gasteiger partial charge in [-0.1, -0.05) is 35.4 Å². The second kappa shape index (κ2) is 6.52. The summed E-state index contributed by atoms with van der Waals surface area (Å²) in [7, 11) is 0. The first kappa shape index (κ1) is 16.3. The normalized spacial score (nSPS) is 10.7. The smallest absolute Gasteiger partial charge is 0.0467 e. The molecule has 0 bridgehead atoms. The Labute approximate surface area is 145 Å². The maximum absolute atomic E-state index is 2.33. The molecule has 0 spiro atoms. The topological polar surface area (TPSA) is 3.24 Å². The SMILES string of the molecule is Cc1ccc(N(c2ccc(C)cc2)c2cc(C)c(C)c(C)c2)cc1. The summed E-state index contributed by atoms with van der Waals surface area (Å²) in [5.41, 5.74) is 10.2. The van der Waals surface area contributed by atoms with E-state index in [0.717, 1.165) is 0 Å². The van der Waals surface area contributed by atoms with Gasteiger partial charge in [-0.05, 0) is 87.7 Å². The minimum atomic E-state index is 1.19. The van der Waals surface area contributed by atoms with Gasteiger partial charge < -0.3 is 4.90 Å². The molecule has 0 N–H and O–H groups in total. The van der Waals surface area contributed by atoms with Gasteiger partial charge in [0, 0.05) is 17.1 Å². The highest BCUT2D eigenvalue weighted by atomic mass is 15.1. The van der Waals surface area contributed by atoms with Crippen LogP contribution in [0.3, 0.4) is 0 Å². The van der Waals surface area contributed by atoms with E-state index in [-0.39, 0.29) is 0 Å². The second-order valence-electron chi connectivity index (χ2n) is 6.71. The van der Waals surface area contributed by atoms with Crippen molar-refractivity contribution in [2.75, 3.05) is 4.90 Å². The van der Waals surface area contributed by atoms with Crippen LogP contribution in [-0.4, -0.2) is 0 Å². The van der Waals surface area contributed by atoms with Gasteiger partial charge in [0.25, 0.3) is 0 Å². The van der Waals surface area contributed by atoms with Crippen molar-refractivity contribution in [3.8, 4) is 0 Å². The van der Waals surface area contributed by atoms with Crippen molar-refractivity contribution in [2.24, 2.45) is 0 Å². The lowest BCUT2D eigenvalue weighted by molar-refractivity contribution is 1.21. The van der Waals surface area contributed by atoms with Gasteiger partial charge in [-0.2, -0.15) is 0 Å². The van der Waals surface area contributed by atoms with E-state index in [1.807, 2.05) is 0 Å². The Morgan fingerprint density at radius 2 is 0.875 bits per heavy atom. The number of hydrogen-bond donors (Lipinski definition) is 0. The molecule has 3 aromatic carbocycles. The first-order chi connectivity index (χ1) is 11.5. The van der Waals surface area contributed by atoms with E-state index >= 15 is 0 Å². The third-order valence-electron chi connectivity index (χ3n) is 4.75. The highest BCUT2D eigenvalue weighted by Crippen LogP contribution is 2.36. The maximum atomic E-state index is 2.33. The first-order valence-corrected chi connectivity index (χ1v) is 8.47. The Balaban J connectivity index is 2.18. The lowest BCUT2D eigenvalue weighted by Gasteiger charge is -2.27. The quantitative estimate of drug-likeness (QED) is 0.520. The van der Waals surface area contributed by atoms with Gasteiger partial charge in [0.2, 0.25) is 0 Å². The summed E-state index contributed by atoms with van der Waals surface area (Å²) in [5.74, 6) is 0. The fraction of sp³-hybridized carbons (Fsp3) is 0.217. The Morgan fingerprint density at radius 1 is 0.500 bits per heavy atom. The molecule has 0 amide bonds. The number of aryl methyl sites for hydroxylation is 4. The van der Waals surface area contributed by atoms with E-state index in [4.69, 9.17) is 0 Å². The van der Waals surface area contributed by atoms with Gasteiger partial charge in [0.15, 0.2) is 0 Å². The summed E-state index contributed by atoms with van der Waals surface area (Å²) in [6.07, 6.45) is 0. The Kier molecular flexibility index (Phi) is 4.44. The Bertz CT molecular complexity index is 774. The minimum Gasteiger partial charge on any atom is -0.310 e. The zero-order valence-electron chi connectivity index (χ0n) is 15.2. The molecule has 0 aliphatic carbocycles. The summed E-state index contributed by atoms with van der Waals surface area (Å²) in [6.45, 7) is 10.8. The molecule has 1 nitrogen and oxygen atoms in total. The van der Waals surface area contributed by atoms with Crippen LogP contribution in [0.4, 0.5) is 17.1 Å². The number of benzene rings is 3. The summed E-state index contributed by atoms with van der Waals surface area (Å²) in [4.78, 5) is 2.33. The molecule has 0 unspecified atom stereocenters. The lowest BCUT2D eigenvalue weighted by atomic mass is 10.0. The molecule has 0 saturated heterocycles. The van der Waals surface area contributed by atoms with Crippen LogP contribution in [0, 0.1) is 34.6 Å². The van der Waals surface area contributed by atoms with Crippen molar-refractivity contribution >= 4 is 17.1 Å². The van der Waals surface area contributed by atoms with Crippen molar-refractivity contribution in [1.82, 2.24) is 0 Å². The zero-order chi connectivity index (χ0) is 17.3. The average molecular weight is 315 g/mol. The van der Waals surface area contributed by atoms with Crippen molar-refractivity contribution in [3.05, 3.63) is 88.5 Å². The summed E-state index contributed by atoms with van der Waals surface area (Å²) >= 11 is 0. The largest absolute Gasteiger partial charge is 0.310 e. The molecule has 0 radical (unpaired) electrons. The van der Waals surface area contributed by atoms with E-state index in [2.05, 4.69) is 100 Å². The van der Waals surface area contributed by atoms with E-state index < -0.39 is 0 Å². The number of rotatable bonds is 3. The maximum Gasteiger partial charge on any atom is 0.0467 e. The minimum absolute atomic E-state index is 1.19. The van der Waals surface area contributed by atoms with Crippen molar-refractivity contribution in [2.45, 2.75) is 34.6 Å². The van der Waals surface area contributed by atoms with Crippen LogP contribution in [0.5, 0.6) is 0 Å². The van der Waals surface area contributed by atoms with Crippen molar-refractivity contribution in [1.29, 1.82) is 0 Å². The number of anilines is 3. The lowest BCUT2D eigenvalue weighted by Crippen LogP contribution is -2.11. The van der Waals surface area contributed by atoms with Gasteiger partial charge in [0.05, 0.1) is 0 Å².